The molecule has 6 nitrogen and oxygen atoms in total. The molecule has 130 valence electrons. The fourth-order valence-electron chi connectivity index (χ4n) is 2.32. The topological polar surface area (TPSA) is 67.0 Å². The van der Waals surface area contributed by atoms with E-state index in [0.717, 1.165) is 0 Å². The molecule has 1 aromatic carbocycles. The standard InChI is InChI=1S/C18H12FN5O.ClH/c19-13-8-14(10-16(9-13)25-15-4-3-6-20-11-15)24-22-12-18(23-24)17-5-1-2-7-21-17;/h1-12H;1H. The van der Waals surface area contributed by atoms with Crippen LogP contribution in [0.25, 0.3) is 17.1 Å². The largest absolute Gasteiger partial charge is 1.00 e. The second kappa shape index (κ2) is 7.71. The predicted molar refractivity (Wildman–Crippen MR) is 87.6 cm³/mol. The van der Waals surface area contributed by atoms with E-state index in [1.54, 1.807) is 43.0 Å². The average Bonchev–Trinajstić information content (AvgIpc) is 3.13. The molecular weight excluding hydrogens is 357 g/mol. The number of pyridine rings is 2. The van der Waals surface area contributed by atoms with Crippen LogP contribution in [-0.2, 0) is 0 Å². The summed E-state index contributed by atoms with van der Waals surface area (Å²) in [4.78, 5) is 8.48. The summed E-state index contributed by atoms with van der Waals surface area (Å²) in [5.41, 5.74) is 1.75. The Morgan fingerprint density at radius 2 is 1.92 bits per heavy atom. The van der Waals surface area contributed by atoms with Crippen LogP contribution in [0.4, 0.5) is 4.39 Å². The molecule has 0 saturated carbocycles. The van der Waals surface area contributed by atoms with Crippen LogP contribution in [0.5, 0.6) is 11.5 Å². The summed E-state index contributed by atoms with van der Waals surface area (Å²) in [6, 6.07) is 13.4. The second-order valence-electron chi connectivity index (χ2n) is 5.22. The van der Waals surface area contributed by atoms with Crippen molar-refractivity contribution < 1.29 is 26.5 Å². The first kappa shape index (κ1) is 17.5. The van der Waals surface area contributed by atoms with Crippen LogP contribution < -0.4 is 22.1 Å². The number of nitrogens with one attached hydrogen (secondary N) is 1. The van der Waals surface area contributed by atoms with E-state index in [1.807, 2.05) is 18.2 Å². The molecule has 1 N–H and O–H groups in total. The third-order valence-corrected chi connectivity index (χ3v) is 3.42. The van der Waals surface area contributed by atoms with E-state index >= 15 is 0 Å². The van der Waals surface area contributed by atoms with Gasteiger partial charge in [-0.25, -0.2) is 9.37 Å². The Labute approximate surface area is 154 Å². The molecule has 8 heteroatoms. The molecular formula is C18H13ClFN5O. The lowest BCUT2D eigenvalue weighted by atomic mass is 10.3. The molecule has 0 aliphatic rings. The molecule has 0 atom stereocenters. The number of rotatable bonds is 4. The van der Waals surface area contributed by atoms with Gasteiger partial charge in [0.2, 0.25) is 6.20 Å². The van der Waals surface area contributed by atoms with Crippen LogP contribution in [0.3, 0.4) is 0 Å². The molecule has 0 radical (unpaired) electrons. The van der Waals surface area contributed by atoms with Gasteiger partial charge in [0.1, 0.15) is 17.3 Å². The normalized spacial score (nSPS) is 10.2. The lowest BCUT2D eigenvalue weighted by Gasteiger charge is -2.06. The SMILES string of the molecule is Fc1cc(Oc2ccc[nH+]c2)cc(-n2ncc(-c3ccccn3)n2)c1.[Cl-]. The predicted octanol–water partition coefficient (Wildman–Crippen LogP) is 0.0788. The number of hydrogen-bond acceptors (Lipinski definition) is 4. The lowest BCUT2D eigenvalue weighted by Crippen LogP contribution is -3.00. The summed E-state index contributed by atoms with van der Waals surface area (Å²) in [5, 5.41) is 8.54. The third kappa shape index (κ3) is 3.84. The minimum Gasteiger partial charge on any atom is -1.00 e. The molecule has 0 amide bonds. The highest BCUT2D eigenvalue weighted by atomic mass is 35.5. The maximum Gasteiger partial charge on any atom is 0.210 e. The quantitative estimate of drug-likeness (QED) is 0.511. The summed E-state index contributed by atoms with van der Waals surface area (Å²) >= 11 is 0. The number of halogens is 2. The molecule has 0 unspecified atom stereocenters. The monoisotopic (exact) mass is 369 g/mol. The van der Waals surface area contributed by atoms with Crippen LogP contribution in [0.15, 0.2) is 73.3 Å². The second-order valence-corrected chi connectivity index (χ2v) is 5.22. The molecule has 0 fully saturated rings. The lowest BCUT2D eigenvalue weighted by molar-refractivity contribution is -0.378. The number of ether oxygens (including phenoxy) is 1. The minimum absolute atomic E-state index is 0. The Hall–Kier alpha value is -3.32. The highest BCUT2D eigenvalue weighted by Crippen LogP contribution is 2.24. The molecule has 0 bridgehead atoms. The van der Waals surface area contributed by atoms with Crippen LogP contribution in [0.2, 0.25) is 0 Å². The highest BCUT2D eigenvalue weighted by molar-refractivity contribution is 5.52. The first-order valence-corrected chi connectivity index (χ1v) is 7.57. The van der Waals surface area contributed by atoms with Gasteiger partial charge < -0.3 is 17.1 Å². The van der Waals surface area contributed by atoms with Crippen molar-refractivity contribution in [3.05, 3.63) is 79.1 Å². The van der Waals surface area contributed by atoms with Crippen molar-refractivity contribution in [1.82, 2.24) is 20.0 Å². The zero-order chi connectivity index (χ0) is 17.1. The molecule has 3 heterocycles. The summed E-state index contributed by atoms with van der Waals surface area (Å²) < 4.78 is 19.6. The van der Waals surface area contributed by atoms with Crippen LogP contribution in [-0.4, -0.2) is 20.0 Å². The number of hydrogen-bond donors (Lipinski definition) is 0. The maximum atomic E-state index is 14.0. The van der Waals surface area contributed by atoms with Crippen molar-refractivity contribution in [2.24, 2.45) is 0 Å². The molecule has 0 aliphatic heterocycles. The van der Waals surface area contributed by atoms with Gasteiger partial charge in [0.25, 0.3) is 0 Å². The Morgan fingerprint density at radius 3 is 2.69 bits per heavy atom. The Morgan fingerprint density at radius 1 is 1.00 bits per heavy atom. The van der Waals surface area contributed by atoms with Gasteiger partial charge in [0.15, 0.2) is 11.9 Å². The smallest absolute Gasteiger partial charge is 0.210 e. The molecule has 0 spiro atoms. The van der Waals surface area contributed by atoms with Crippen LogP contribution in [0, 0.1) is 5.82 Å². The number of aromatic nitrogens is 5. The van der Waals surface area contributed by atoms with Crippen molar-refractivity contribution in [2.75, 3.05) is 0 Å². The Kier molecular flexibility index (Phi) is 5.19. The van der Waals surface area contributed by atoms with E-state index in [1.165, 1.54) is 16.9 Å². The molecule has 4 rings (SSSR count). The molecule has 0 aliphatic carbocycles. The third-order valence-electron chi connectivity index (χ3n) is 3.42. The fraction of sp³-hybridized carbons (Fsp3) is 0. The van der Waals surface area contributed by atoms with Crippen molar-refractivity contribution in [3.8, 4) is 28.6 Å². The highest BCUT2D eigenvalue weighted by Gasteiger charge is 2.10. The number of H-pyrrole nitrogens is 1. The molecule has 4 aromatic rings. The van der Waals surface area contributed by atoms with E-state index in [0.29, 0.717) is 28.6 Å². The number of nitrogens with zero attached hydrogens (tertiary/aromatic N) is 4. The van der Waals surface area contributed by atoms with Gasteiger partial charge in [0.05, 0.1) is 17.6 Å². The zero-order valence-corrected chi connectivity index (χ0v) is 14.1. The summed E-state index contributed by atoms with van der Waals surface area (Å²) in [7, 11) is 0. The fourth-order valence-corrected chi connectivity index (χ4v) is 2.32. The van der Waals surface area contributed by atoms with Gasteiger partial charge >= 0.3 is 0 Å². The van der Waals surface area contributed by atoms with E-state index in [-0.39, 0.29) is 12.4 Å². The molecule has 26 heavy (non-hydrogen) atoms. The van der Waals surface area contributed by atoms with Gasteiger partial charge in [0, 0.05) is 30.5 Å². The van der Waals surface area contributed by atoms with Gasteiger partial charge in [-0.1, -0.05) is 6.07 Å². The van der Waals surface area contributed by atoms with E-state index in [4.69, 9.17) is 4.74 Å². The minimum atomic E-state index is -0.441. The summed E-state index contributed by atoms with van der Waals surface area (Å²) in [5.74, 6) is 0.483. The van der Waals surface area contributed by atoms with Gasteiger partial charge in [-0.05, 0) is 18.2 Å². The van der Waals surface area contributed by atoms with Crippen LogP contribution >= 0.6 is 0 Å². The Balaban J connectivity index is 0.00000196. The first-order valence-electron chi connectivity index (χ1n) is 7.57. The van der Waals surface area contributed by atoms with E-state index in [9.17, 15) is 4.39 Å². The summed E-state index contributed by atoms with van der Waals surface area (Å²) in [6.45, 7) is 0. The van der Waals surface area contributed by atoms with Crippen molar-refractivity contribution in [3.63, 3.8) is 0 Å². The van der Waals surface area contributed by atoms with Crippen molar-refractivity contribution >= 4 is 0 Å². The number of aromatic amines is 1. The average molecular weight is 370 g/mol. The van der Waals surface area contributed by atoms with Gasteiger partial charge in [-0.2, -0.15) is 9.90 Å². The van der Waals surface area contributed by atoms with E-state index in [2.05, 4.69) is 20.2 Å². The maximum absolute atomic E-state index is 14.0. The van der Waals surface area contributed by atoms with Crippen LogP contribution in [0.1, 0.15) is 0 Å². The first-order chi connectivity index (χ1) is 12.3. The zero-order valence-electron chi connectivity index (χ0n) is 13.4. The number of benzene rings is 1. The van der Waals surface area contributed by atoms with Crippen molar-refractivity contribution in [2.45, 2.75) is 0 Å². The van der Waals surface area contributed by atoms with Crippen molar-refractivity contribution in [1.29, 1.82) is 0 Å². The molecule has 3 aromatic heterocycles. The van der Waals surface area contributed by atoms with Gasteiger partial charge in [-0.15, -0.1) is 5.10 Å². The van der Waals surface area contributed by atoms with Gasteiger partial charge in [-0.3, -0.25) is 4.98 Å². The summed E-state index contributed by atoms with van der Waals surface area (Å²) in [6.07, 6.45) is 6.70. The Bertz CT molecular complexity index is 995. The van der Waals surface area contributed by atoms with E-state index < -0.39 is 5.82 Å². The molecule has 0 saturated heterocycles.